The van der Waals surface area contributed by atoms with Crippen LogP contribution in [0.25, 0.3) is 0 Å². The van der Waals surface area contributed by atoms with Crippen LogP contribution in [0.4, 0.5) is 0 Å². The maximum Gasteiger partial charge on any atom is 0.213 e. The number of hydrogen-bond acceptors (Lipinski definition) is 2. The van der Waals surface area contributed by atoms with Gasteiger partial charge in [0, 0.05) is 0 Å². The second kappa shape index (κ2) is 4.30. The predicted molar refractivity (Wildman–Crippen MR) is 48.0 cm³/mol. The fourth-order valence-corrected chi connectivity index (χ4v) is 1.79. The van der Waals surface area contributed by atoms with Crippen LogP contribution >= 0.6 is 0 Å². The fraction of sp³-hybridized carbons (Fsp3) is 0.875. The molecule has 0 heterocycles. The van der Waals surface area contributed by atoms with Crippen molar-refractivity contribution in [1.29, 1.82) is 0 Å². The maximum atomic E-state index is 8.42. The number of nitrogens with two attached hydrogens (primary N) is 1. The zero-order chi connectivity index (χ0) is 8.97. The molecular formula is C8H17N3O. The molecule has 4 N–H and O–H groups in total. The van der Waals surface area contributed by atoms with E-state index in [1.54, 1.807) is 0 Å². The van der Waals surface area contributed by atoms with E-state index in [2.05, 4.69) is 4.99 Å². The van der Waals surface area contributed by atoms with Crippen molar-refractivity contribution in [1.82, 2.24) is 5.48 Å². The van der Waals surface area contributed by atoms with E-state index in [1.165, 1.54) is 25.7 Å². The van der Waals surface area contributed by atoms with E-state index in [1.807, 2.05) is 12.4 Å². The van der Waals surface area contributed by atoms with Crippen molar-refractivity contribution in [2.24, 2.45) is 16.6 Å². The minimum atomic E-state index is 0.120. The second-order valence-corrected chi connectivity index (χ2v) is 3.41. The van der Waals surface area contributed by atoms with E-state index >= 15 is 0 Å². The van der Waals surface area contributed by atoms with Crippen LogP contribution in [0.2, 0.25) is 0 Å². The quantitative estimate of drug-likeness (QED) is 0.328. The highest BCUT2D eigenvalue weighted by Gasteiger charge is 2.20. The number of hydrogen-bond donors (Lipinski definition) is 3. The van der Waals surface area contributed by atoms with Crippen molar-refractivity contribution in [3.63, 3.8) is 0 Å². The third kappa shape index (κ3) is 2.37. The number of guanidine groups is 1. The van der Waals surface area contributed by atoms with Gasteiger partial charge in [0.15, 0.2) is 0 Å². The molecule has 1 saturated carbocycles. The van der Waals surface area contributed by atoms with E-state index in [4.69, 9.17) is 10.9 Å². The monoisotopic (exact) mass is 171 g/mol. The molecule has 0 aromatic carbocycles. The van der Waals surface area contributed by atoms with Gasteiger partial charge in [-0.2, -0.15) is 0 Å². The summed E-state index contributed by atoms with van der Waals surface area (Å²) in [6.45, 7) is 2.04. The number of nitrogens with zero attached hydrogens (tertiary/aromatic N) is 1. The number of aliphatic imine (C=N–C) groups is 1. The van der Waals surface area contributed by atoms with Crippen molar-refractivity contribution >= 4 is 5.96 Å². The summed E-state index contributed by atoms with van der Waals surface area (Å²) >= 11 is 0. The highest BCUT2D eigenvalue weighted by Crippen LogP contribution is 2.28. The molecule has 12 heavy (non-hydrogen) atoms. The molecule has 1 atom stereocenters. The van der Waals surface area contributed by atoms with Crippen molar-refractivity contribution in [3.8, 4) is 0 Å². The summed E-state index contributed by atoms with van der Waals surface area (Å²) in [7, 11) is 0. The van der Waals surface area contributed by atoms with Crippen LogP contribution in [-0.2, 0) is 0 Å². The van der Waals surface area contributed by atoms with Crippen molar-refractivity contribution < 1.29 is 5.21 Å². The Morgan fingerprint density at radius 2 is 2.17 bits per heavy atom. The molecular weight excluding hydrogens is 154 g/mol. The van der Waals surface area contributed by atoms with Crippen molar-refractivity contribution in [3.05, 3.63) is 0 Å². The first-order valence-corrected chi connectivity index (χ1v) is 4.47. The molecule has 1 rings (SSSR count). The second-order valence-electron chi connectivity index (χ2n) is 3.41. The van der Waals surface area contributed by atoms with Gasteiger partial charge in [-0.3, -0.25) is 5.21 Å². The Morgan fingerprint density at radius 1 is 1.58 bits per heavy atom. The van der Waals surface area contributed by atoms with Gasteiger partial charge in [0.1, 0.15) is 0 Å². The van der Waals surface area contributed by atoms with Crippen LogP contribution in [0.15, 0.2) is 4.99 Å². The summed E-state index contributed by atoms with van der Waals surface area (Å²) in [4.78, 5) is 4.11. The van der Waals surface area contributed by atoms with Crippen LogP contribution in [0.3, 0.4) is 0 Å². The summed E-state index contributed by atoms with van der Waals surface area (Å²) in [5.74, 6) is 0.770. The molecule has 1 fully saturated rings. The average molecular weight is 171 g/mol. The summed E-state index contributed by atoms with van der Waals surface area (Å²) in [6.07, 6.45) is 5.08. The van der Waals surface area contributed by atoms with Gasteiger partial charge < -0.3 is 5.73 Å². The Bertz CT molecular complexity index is 164. The third-order valence-electron chi connectivity index (χ3n) is 2.54. The molecule has 0 saturated heterocycles. The molecule has 70 valence electrons. The smallest absolute Gasteiger partial charge is 0.213 e. The lowest BCUT2D eigenvalue weighted by Crippen LogP contribution is -2.31. The van der Waals surface area contributed by atoms with Gasteiger partial charge >= 0.3 is 0 Å². The van der Waals surface area contributed by atoms with Crippen LogP contribution < -0.4 is 11.2 Å². The van der Waals surface area contributed by atoms with Gasteiger partial charge in [-0.25, -0.2) is 10.5 Å². The molecule has 0 aliphatic heterocycles. The van der Waals surface area contributed by atoms with Gasteiger partial charge in [-0.05, 0) is 25.7 Å². The molecule has 0 aromatic rings. The van der Waals surface area contributed by atoms with Crippen LogP contribution in [0, 0.1) is 5.92 Å². The molecule has 0 spiro atoms. The van der Waals surface area contributed by atoms with Crippen molar-refractivity contribution in [2.45, 2.75) is 38.6 Å². The topological polar surface area (TPSA) is 70.6 Å². The summed E-state index contributed by atoms with van der Waals surface area (Å²) in [5, 5.41) is 8.42. The number of hydroxylamine groups is 1. The van der Waals surface area contributed by atoms with Crippen molar-refractivity contribution in [2.75, 3.05) is 0 Å². The largest absolute Gasteiger partial charge is 0.368 e. The third-order valence-corrected chi connectivity index (χ3v) is 2.54. The molecule has 0 amide bonds. The molecule has 4 heteroatoms. The summed E-state index contributed by atoms with van der Waals surface area (Å²) < 4.78 is 0. The minimum absolute atomic E-state index is 0.120. The standard InChI is InChI=1S/C8H17N3O/c1-6(10-8(9)11-12)7-4-2-3-5-7/h6-7,12H,2-5H2,1H3,(H3,9,10,11). The normalized spacial score (nSPS) is 22.7. The fourth-order valence-electron chi connectivity index (χ4n) is 1.79. The molecule has 0 bridgehead atoms. The Balaban J connectivity index is 2.40. The van der Waals surface area contributed by atoms with E-state index in [9.17, 15) is 0 Å². The molecule has 1 unspecified atom stereocenters. The van der Waals surface area contributed by atoms with E-state index in [-0.39, 0.29) is 12.0 Å². The van der Waals surface area contributed by atoms with E-state index < -0.39 is 0 Å². The van der Waals surface area contributed by atoms with Gasteiger partial charge in [0.2, 0.25) is 5.96 Å². The first-order valence-electron chi connectivity index (χ1n) is 4.47. The zero-order valence-electron chi connectivity index (χ0n) is 7.45. The maximum absolute atomic E-state index is 8.42. The first kappa shape index (κ1) is 9.32. The predicted octanol–water partition coefficient (Wildman–Crippen LogP) is 0.859. The van der Waals surface area contributed by atoms with Crippen LogP contribution in [-0.4, -0.2) is 17.2 Å². The van der Waals surface area contributed by atoms with Gasteiger partial charge in [-0.15, -0.1) is 0 Å². The zero-order valence-corrected chi connectivity index (χ0v) is 7.45. The molecule has 1 aliphatic rings. The summed E-state index contributed by atoms with van der Waals surface area (Å²) in [6, 6.07) is 0.229. The van der Waals surface area contributed by atoms with E-state index in [0.717, 1.165) is 0 Å². The lowest BCUT2D eigenvalue weighted by atomic mass is 10.0. The Labute approximate surface area is 72.8 Å². The van der Waals surface area contributed by atoms with Crippen LogP contribution in [0.1, 0.15) is 32.6 Å². The Kier molecular flexibility index (Phi) is 3.34. The summed E-state index contributed by atoms with van der Waals surface area (Å²) in [5.41, 5.74) is 7.18. The van der Waals surface area contributed by atoms with Crippen LogP contribution in [0.5, 0.6) is 0 Å². The molecule has 1 aliphatic carbocycles. The first-order chi connectivity index (χ1) is 5.74. The van der Waals surface area contributed by atoms with Gasteiger partial charge in [0.25, 0.3) is 0 Å². The number of rotatable bonds is 2. The average Bonchev–Trinajstić information content (AvgIpc) is 2.56. The highest BCUT2D eigenvalue weighted by atomic mass is 16.5. The minimum Gasteiger partial charge on any atom is -0.368 e. The Hall–Kier alpha value is -0.770. The van der Waals surface area contributed by atoms with Gasteiger partial charge in [-0.1, -0.05) is 12.8 Å². The van der Waals surface area contributed by atoms with Gasteiger partial charge in [0.05, 0.1) is 6.04 Å². The molecule has 4 nitrogen and oxygen atoms in total. The Morgan fingerprint density at radius 3 is 2.67 bits per heavy atom. The van der Waals surface area contributed by atoms with E-state index in [0.29, 0.717) is 5.92 Å². The molecule has 0 aromatic heterocycles. The highest BCUT2D eigenvalue weighted by molar-refractivity contribution is 5.76. The lowest BCUT2D eigenvalue weighted by molar-refractivity contribution is 0.231. The SMILES string of the molecule is CC(N=C(N)NO)C1CCCC1. The number of nitrogens with one attached hydrogen (secondary N) is 1. The lowest BCUT2D eigenvalue weighted by Gasteiger charge is -2.14. The molecule has 0 radical (unpaired) electrons.